The summed E-state index contributed by atoms with van der Waals surface area (Å²) in [6.07, 6.45) is 39.9. The fourth-order valence-corrected chi connectivity index (χ4v) is 8.43. The van der Waals surface area contributed by atoms with Crippen LogP contribution in [0.1, 0.15) is 228 Å². The van der Waals surface area contributed by atoms with E-state index in [9.17, 15) is 9.59 Å². The second-order valence-electron chi connectivity index (χ2n) is 18.3. The number of hydrogen-bond donors (Lipinski definition) is 1. The lowest BCUT2D eigenvalue weighted by Crippen LogP contribution is -2.27. The molecule has 0 spiro atoms. The molecule has 0 aromatic rings. The molecule has 1 saturated heterocycles. The van der Waals surface area contributed by atoms with E-state index in [1.54, 1.807) is 0 Å². The number of unbranched alkanes of at least 4 members (excludes halogenated alkanes) is 16. The van der Waals surface area contributed by atoms with Crippen molar-refractivity contribution in [1.82, 2.24) is 4.90 Å². The Hall–Kier alpha value is -0.810. The van der Waals surface area contributed by atoms with Gasteiger partial charge in [-0.3, -0.25) is 9.59 Å². The van der Waals surface area contributed by atoms with Crippen LogP contribution in [0.2, 0.25) is 0 Å². The summed E-state index contributed by atoms with van der Waals surface area (Å²) in [5.41, 5.74) is -0.386. The number of carbonyl (C=O) groups is 2. The number of Topliss-reactive ketones (excluding diaryl/α,β-unsaturated/α-hetero) is 1. The molecule has 2 aliphatic rings. The van der Waals surface area contributed by atoms with Gasteiger partial charge in [-0.1, -0.05) is 183 Å². The van der Waals surface area contributed by atoms with E-state index in [4.69, 9.17) is 4.74 Å². The van der Waals surface area contributed by atoms with Crippen LogP contribution in [0.25, 0.3) is 0 Å². The maximum Gasteiger partial charge on any atom is 0.191 e. The molecule has 2 unspecified atom stereocenters. The van der Waals surface area contributed by atoms with E-state index in [0.717, 1.165) is 44.6 Å². The molecule has 1 saturated carbocycles. The van der Waals surface area contributed by atoms with Crippen LogP contribution < -0.4 is 0 Å². The Kier molecular flexibility index (Phi) is 29.6. The average Bonchev–Trinajstić information content (AvgIpc) is 3.75. The maximum atomic E-state index is 13.5. The Morgan fingerprint density at radius 2 is 1.17 bits per heavy atom. The van der Waals surface area contributed by atoms with E-state index in [2.05, 4.69) is 58.2 Å². The first-order valence-corrected chi connectivity index (χ1v) is 23.7. The van der Waals surface area contributed by atoms with E-state index in [1.165, 1.54) is 167 Å². The summed E-state index contributed by atoms with van der Waals surface area (Å²) in [7, 11) is 0. The number of thiol groups is 1. The number of ketones is 1. The first-order chi connectivity index (χ1) is 25.5. The summed E-state index contributed by atoms with van der Waals surface area (Å²) in [5.74, 6) is 2.44. The Balaban J connectivity index is 0.000000686. The van der Waals surface area contributed by atoms with Gasteiger partial charge >= 0.3 is 0 Å². The third-order valence-electron chi connectivity index (χ3n) is 12.4. The fraction of sp³-hybridized carbons (Fsp3) is 0.917. The van der Waals surface area contributed by atoms with Crippen molar-refractivity contribution in [3.63, 3.8) is 0 Å². The van der Waals surface area contributed by atoms with Gasteiger partial charge in [-0.25, -0.2) is 0 Å². The summed E-state index contributed by atoms with van der Waals surface area (Å²) in [4.78, 5) is 27.3. The van der Waals surface area contributed by atoms with Gasteiger partial charge in [0.05, 0.1) is 12.9 Å². The predicted molar refractivity (Wildman–Crippen MR) is 235 cm³/mol. The van der Waals surface area contributed by atoms with E-state index in [0.29, 0.717) is 17.6 Å². The highest BCUT2D eigenvalue weighted by Gasteiger charge is 2.50. The van der Waals surface area contributed by atoms with Crippen molar-refractivity contribution < 1.29 is 14.3 Å². The van der Waals surface area contributed by atoms with E-state index in [-0.39, 0.29) is 15.9 Å². The van der Waals surface area contributed by atoms with E-state index < -0.39 is 0 Å². The first kappa shape index (κ1) is 50.2. The van der Waals surface area contributed by atoms with Crippen LogP contribution in [0.5, 0.6) is 0 Å². The van der Waals surface area contributed by atoms with Crippen molar-refractivity contribution in [1.29, 1.82) is 0 Å². The Bertz CT molecular complexity index is 908. The molecule has 53 heavy (non-hydrogen) atoms. The van der Waals surface area contributed by atoms with Crippen LogP contribution in [-0.2, 0) is 14.3 Å². The number of allylic oxidation sites excluding steroid dienone is 1. The zero-order valence-electron chi connectivity index (χ0n) is 36.6. The summed E-state index contributed by atoms with van der Waals surface area (Å²) in [6.45, 7) is 19.9. The monoisotopic (exact) mass is 762 g/mol. The number of carbonyl (C=O) groups excluding carboxylic acids is 2. The van der Waals surface area contributed by atoms with Crippen LogP contribution >= 0.6 is 12.6 Å². The highest BCUT2D eigenvalue weighted by molar-refractivity contribution is 7.96. The van der Waals surface area contributed by atoms with E-state index in [1.807, 2.05) is 20.1 Å². The summed E-state index contributed by atoms with van der Waals surface area (Å²) >= 11 is 3.94. The lowest BCUT2D eigenvalue weighted by molar-refractivity contribution is -0.129. The van der Waals surface area contributed by atoms with Gasteiger partial charge in [-0.15, -0.1) is 12.6 Å². The lowest BCUT2D eigenvalue weighted by Gasteiger charge is -2.24. The quantitative estimate of drug-likeness (QED) is 0.0403. The number of hydrogen-bond acceptors (Lipinski definition) is 4. The van der Waals surface area contributed by atoms with Gasteiger partial charge in [-0.2, -0.15) is 0 Å². The fourth-order valence-electron chi connectivity index (χ4n) is 8.32. The molecule has 1 heterocycles. The van der Waals surface area contributed by atoms with Crippen molar-refractivity contribution in [2.45, 2.75) is 228 Å². The molecule has 0 aromatic heterocycles. The topological polar surface area (TPSA) is 46.6 Å². The molecule has 0 aromatic carbocycles. The molecule has 5 heteroatoms. The standard InChI is InChI=1S/C34H64O2.C14H27NOS/c1-6-9-12-14-16-20-24-30(25-21-17-15-13-10-7-2)31-29-32(31)33(35)34(4,5)26-22-18-19-23-28-36-27-11-8-3;1-14(2,13(16)17)9-5-3-4-6-10-15-11-7-8-12-15/h11,27,30-32H,6-10,12-26,28-29H2,1-5H3;3-12H2,1-2H3,(H,16,17)/b27-11+;. The molecule has 2 fully saturated rings. The van der Waals surface area contributed by atoms with Crippen molar-refractivity contribution in [2.75, 3.05) is 26.2 Å². The number of nitrogens with zero attached hydrogens (tertiary/aromatic N) is 1. The first-order valence-electron chi connectivity index (χ1n) is 23.3. The van der Waals surface area contributed by atoms with Crippen LogP contribution in [0, 0.1) is 28.6 Å². The van der Waals surface area contributed by atoms with Gasteiger partial charge < -0.3 is 9.64 Å². The molecular weight excluding hydrogens is 671 g/mol. The second-order valence-corrected chi connectivity index (χ2v) is 18.8. The minimum atomic E-state index is -0.238. The SMILES string of the molecule is CC(C)(CCCCCCN1CCCC1)C(=O)S.CC/C=C/OCCCCCCC(C)(C)C(=O)C1CC1C(CCCCCCCC)CCCCCCCC. The lowest BCUT2D eigenvalue weighted by atomic mass is 9.79. The summed E-state index contributed by atoms with van der Waals surface area (Å²) in [5, 5.41) is 0.0227. The zero-order chi connectivity index (χ0) is 39.2. The van der Waals surface area contributed by atoms with Crippen molar-refractivity contribution in [2.24, 2.45) is 28.6 Å². The Labute approximate surface area is 337 Å². The number of ether oxygens (including phenoxy) is 1. The predicted octanol–water partition coefficient (Wildman–Crippen LogP) is 14.7. The van der Waals surface area contributed by atoms with Gasteiger partial charge in [0.1, 0.15) is 5.78 Å². The Morgan fingerprint density at radius 3 is 1.72 bits per heavy atom. The zero-order valence-corrected chi connectivity index (χ0v) is 37.5. The molecule has 312 valence electrons. The van der Waals surface area contributed by atoms with Gasteiger partial charge in [0, 0.05) is 16.7 Å². The molecule has 0 bridgehead atoms. The van der Waals surface area contributed by atoms with Gasteiger partial charge in [-0.05, 0) is 82.8 Å². The van der Waals surface area contributed by atoms with E-state index >= 15 is 0 Å². The smallest absolute Gasteiger partial charge is 0.191 e. The molecular formula is C48H91NO3S. The number of rotatable bonds is 34. The third-order valence-corrected chi connectivity index (χ3v) is 13.0. The highest BCUT2D eigenvalue weighted by Crippen LogP contribution is 2.51. The largest absolute Gasteiger partial charge is 0.502 e. The average molecular weight is 762 g/mol. The van der Waals surface area contributed by atoms with Crippen molar-refractivity contribution >= 4 is 23.5 Å². The minimum Gasteiger partial charge on any atom is -0.502 e. The molecule has 4 nitrogen and oxygen atoms in total. The third kappa shape index (κ3) is 25.1. The van der Waals surface area contributed by atoms with Crippen LogP contribution in [0.4, 0.5) is 0 Å². The van der Waals surface area contributed by atoms with Gasteiger partial charge in [0.25, 0.3) is 0 Å². The van der Waals surface area contributed by atoms with Crippen LogP contribution in [0.3, 0.4) is 0 Å². The molecule has 1 aliphatic heterocycles. The molecule has 0 radical (unpaired) electrons. The van der Waals surface area contributed by atoms with Crippen molar-refractivity contribution in [3.05, 3.63) is 12.3 Å². The van der Waals surface area contributed by atoms with Crippen LogP contribution in [0.15, 0.2) is 12.3 Å². The minimum absolute atomic E-state index is 0.0227. The summed E-state index contributed by atoms with van der Waals surface area (Å²) in [6, 6.07) is 0. The van der Waals surface area contributed by atoms with Gasteiger partial charge in [0.15, 0.2) is 5.12 Å². The van der Waals surface area contributed by atoms with Crippen molar-refractivity contribution in [3.8, 4) is 0 Å². The van der Waals surface area contributed by atoms with Gasteiger partial charge in [0.2, 0.25) is 0 Å². The number of likely N-dealkylation sites (tertiary alicyclic amines) is 1. The molecule has 2 rings (SSSR count). The van der Waals surface area contributed by atoms with Crippen LogP contribution in [-0.4, -0.2) is 42.0 Å². The molecule has 1 aliphatic carbocycles. The highest BCUT2D eigenvalue weighted by atomic mass is 32.1. The summed E-state index contributed by atoms with van der Waals surface area (Å²) < 4.78 is 5.50. The second kappa shape index (κ2) is 31.3. The molecule has 0 N–H and O–H groups in total. The Morgan fingerprint density at radius 1 is 0.679 bits per heavy atom. The molecule has 0 amide bonds. The normalized spacial score (nSPS) is 17.8. The maximum absolute atomic E-state index is 13.5. The molecule has 2 atom stereocenters.